The molecule has 3 heteroatoms. The Bertz CT molecular complexity index is 70.0. The summed E-state index contributed by atoms with van der Waals surface area (Å²) in [5, 5.41) is 2.66. The zero-order valence-corrected chi connectivity index (χ0v) is 7.82. The second-order valence-corrected chi connectivity index (χ2v) is 1.48. The summed E-state index contributed by atoms with van der Waals surface area (Å²) in [6, 6.07) is 0. The summed E-state index contributed by atoms with van der Waals surface area (Å²) in [6.45, 7) is 4.35. The van der Waals surface area contributed by atoms with Crippen LogP contribution in [0.2, 0.25) is 0 Å². The fourth-order valence-corrected chi connectivity index (χ4v) is 0.301. The minimum absolute atomic E-state index is 0. The van der Waals surface area contributed by atoms with Gasteiger partial charge in [-0.05, 0) is 6.42 Å². The average Bonchev–Trinajstić information content (AvgIpc) is 1.61. The predicted octanol–water partition coefficient (Wildman–Crippen LogP) is -2.35. The van der Waals surface area contributed by atoms with Crippen LogP contribution in [0.15, 0.2) is 0 Å². The van der Waals surface area contributed by atoms with Gasteiger partial charge in [-0.15, -0.1) is 0 Å². The molecule has 0 aliphatic heterocycles. The van der Waals surface area contributed by atoms with Gasteiger partial charge in [0.2, 0.25) is 5.91 Å². The largest absolute Gasteiger partial charge is 1.00 e. The van der Waals surface area contributed by atoms with Gasteiger partial charge >= 0.3 is 29.6 Å². The summed E-state index contributed by atoms with van der Waals surface area (Å²) in [5.41, 5.74) is 0. The van der Waals surface area contributed by atoms with Gasteiger partial charge < -0.3 is 6.74 Å². The van der Waals surface area contributed by atoms with E-state index in [0.717, 1.165) is 13.0 Å². The fourth-order valence-electron chi connectivity index (χ4n) is 0.301. The van der Waals surface area contributed by atoms with E-state index >= 15 is 0 Å². The van der Waals surface area contributed by atoms with Crippen molar-refractivity contribution < 1.29 is 35.8 Å². The Morgan fingerprint density at radius 3 is 2.38 bits per heavy atom. The van der Waals surface area contributed by atoms with Crippen molar-refractivity contribution in [3.63, 3.8) is 0 Å². The normalized spacial score (nSPS) is 7.25. The van der Waals surface area contributed by atoms with E-state index in [4.69, 9.17) is 0 Å². The summed E-state index contributed by atoms with van der Waals surface area (Å²) >= 11 is 0. The van der Waals surface area contributed by atoms with E-state index in [1.807, 2.05) is 6.92 Å². The van der Waals surface area contributed by atoms with Crippen LogP contribution in [0, 0.1) is 0 Å². The van der Waals surface area contributed by atoms with Crippen molar-refractivity contribution in [3.05, 3.63) is 0 Å². The number of hydrogen-bond acceptors (Lipinski definition) is 1. The van der Waals surface area contributed by atoms with Crippen molar-refractivity contribution in [3.8, 4) is 0 Å². The van der Waals surface area contributed by atoms with Crippen LogP contribution < -0.4 is 34.9 Å². The first-order chi connectivity index (χ1) is 3.27. The molecule has 0 atom stereocenters. The molecule has 0 radical (unpaired) electrons. The molecular formula is C5H12NNaO. The van der Waals surface area contributed by atoms with E-state index < -0.39 is 0 Å². The molecule has 2 nitrogen and oxygen atoms in total. The van der Waals surface area contributed by atoms with Crippen LogP contribution in [0.1, 0.15) is 21.7 Å². The van der Waals surface area contributed by atoms with E-state index in [1.54, 1.807) is 0 Å². The van der Waals surface area contributed by atoms with Crippen LogP contribution in [0.25, 0.3) is 0 Å². The number of carbonyl (C=O) groups is 1. The second kappa shape index (κ2) is 7.47. The standard InChI is InChI=1S/C5H11NO.Na.H/c1-3-4-6-5(2)7;;/h3-4H2,1-2H3,(H,6,7);;/q;+1;-1. The summed E-state index contributed by atoms with van der Waals surface area (Å²) in [4.78, 5) is 10.1. The van der Waals surface area contributed by atoms with Crippen LogP contribution in [-0.4, -0.2) is 12.5 Å². The molecule has 0 saturated carbocycles. The minimum Gasteiger partial charge on any atom is -1.00 e. The number of amides is 1. The molecular weight excluding hydrogens is 113 g/mol. The molecule has 0 aliphatic carbocycles. The first-order valence-corrected chi connectivity index (χ1v) is 2.51. The van der Waals surface area contributed by atoms with Gasteiger partial charge in [0.1, 0.15) is 0 Å². The number of rotatable bonds is 2. The number of nitrogens with one attached hydrogen (secondary N) is 1. The first-order valence-electron chi connectivity index (χ1n) is 2.51. The Hall–Kier alpha value is 0.470. The van der Waals surface area contributed by atoms with Crippen molar-refractivity contribution in [1.29, 1.82) is 0 Å². The molecule has 44 valence electrons. The maximum absolute atomic E-state index is 10.1. The molecule has 0 rings (SSSR count). The molecule has 0 aliphatic rings. The van der Waals surface area contributed by atoms with Gasteiger partial charge in [0.25, 0.3) is 0 Å². The summed E-state index contributed by atoms with van der Waals surface area (Å²) in [5.74, 6) is 0.0573. The molecule has 0 fully saturated rings. The third-order valence-corrected chi connectivity index (χ3v) is 0.624. The SMILES string of the molecule is CCCNC(C)=O.[H-].[Na+]. The van der Waals surface area contributed by atoms with Gasteiger partial charge in [0.15, 0.2) is 0 Å². The topological polar surface area (TPSA) is 29.1 Å². The predicted molar refractivity (Wildman–Crippen MR) is 30.1 cm³/mol. The van der Waals surface area contributed by atoms with Gasteiger partial charge in [-0.2, -0.15) is 0 Å². The van der Waals surface area contributed by atoms with Gasteiger partial charge in [-0.3, -0.25) is 4.79 Å². The summed E-state index contributed by atoms with van der Waals surface area (Å²) in [7, 11) is 0. The Balaban J connectivity index is -0.000000180. The maximum atomic E-state index is 10.1. The average molecular weight is 125 g/mol. The second-order valence-electron chi connectivity index (χ2n) is 1.48. The third-order valence-electron chi connectivity index (χ3n) is 0.624. The Morgan fingerprint density at radius 2 is 2.25 bits per heavy atom. The molecule has 0 saturated heterocycles. The third kappa shape index (κ3) is 9.69. The zero-order chi connectivity index (χ0) is 5.70. The van der Waals surface area contributed by atoms with Crippen LogP contribution in [0.5, 0.6) is 0 Å². The van der Waals surface area contributed by atoms with Gasteiger partial charge in [-0.1, -0.05) is 6.92 Å². The van der Waals surface area contributed by atoms with Crippen molar-refractivity contribution in [1.82, 2.24) is 5.32 Å². The molecule has 0 aromatic heterocycles. The van der Waals surface area contributed by atoms with Gasteiger partial charge in [0.05, 0.1) is 0 Å². The Kier molecular flexibility index (Phi) is 10.5. The van der Waals surface area contributed by atoms with E-state index in [0.29, 0.717) is 0 Å². The summed E-state index contributed by atoms with van der Waals surface area (Å²) < 4.78 is 0. The first kappa shape index (κ1) is 11.3. The van der Waals surface area contributed by atoms with E-state index in [-0.39, 0.29) is 36.9 Å². The molecule has 1 amide bonds. The van der Waals surface area contributed by atoms with Crippen molar-refractivity contribution in [2.75, 3.05) is 6.54 Å². The molecule has 8 heavy (non-hydrogen) atoms. The Labute approximate surface area is 73.8 Å². The maximum Gasteiger partial charge on any atom is 1.00 e. The van der Waals surface area contributed by atoms with E-state index in [9.17, 15) is 4.79 Å². The molecule has 0 heterocycles. The van der Waals surface area contributed by atoms with Crippen LogP contribution in [0.4, 0.5) is 0 Å². The molecule has 0 bridgehead atoms. The summed E-state index contributed by atoms with van der Waals surface area (Å²) in [6.07, 6.45) is 1.01. The van der Waals surface area contributed by atoms with E-state index in [1.165, 1.54) is 6.92 Å². The van der Waals surface area contributed by atoms with Gasteiger partial charge in [-0.25, -0.2) is 0 Å². The van der Waals surface area contributed by atoms with Crippen molar-refractivity contribution in [2.45, 2.75) is 20.3 Å². The monoisotopic (exact) mass is 125 g/mol. The smallest absolute Gasteiger partial charge is 1.00 e. The molecule has 0 spiro atoms. The van der Waals surface area contributed by atoms with E-state index in [2.05, 4.69) is 5.32 Å². The Morgan fingerprint density at radius 1 is 1.75 bits per heavy atom. The van der Waals surface area contributed by atoms with Gasteiger partial charge in [0, 0.05) is 13.5 Å². The quantitative estimate of drug-likeness (QED) is 0.411. The molecule has 0 aromatic rings. The number of hydrogen-bond donors (Lipinski definition) is 1. The molecule has 0 unspecified atom stereocenters. The zero-order valence-electron chi connectivity index (χ0n) is 6.82. The van der Waals surface area contributed by atoms with Crippen LogP contribution in [-0.2, 0) is 4.79 Å². The fraction of sp³-hybridized carbons (Fsp3) is 0.800. The number of carbonyl (C=O) groups excluding carboxylic acids is 1. The van der Waals surface area contributed by atoms with Crippen LogP contribution >= 0.6 is 0 Å². The van der Waals surface area contributed by atoms with Crippen molar-refractivity contribution in [2.24, 2.45) is 0 Å². The molecule has 0 aromatic carbocycles. The van der Waals surface area contributed by atoms with Crippen molar-refractivity contribution >= 4 is 5.91 Å². The minimum atomic E-state index is 0. The molecule has 1 N–H and O–H groups in total. The van der Waals surface area contributed by atoms with Crippen LogP contribution in [0.3, 0.4) is 0 Å².